The summed E-state index contributed by atoms with van der Waals surface area (Å²) in [4.78, 5) is 5.56. The average molecular weight is 271 g/mol. The van der Waals surface area contributed by atoms with Crippen LogP contribution in [0.4, 0.5) is 0 Å². The van der Waals surface area contributed by atoms with Crippen molar-refractivity contribution in [3.8, 4) is 0 Å². The first-order valence-corrected chi connectivity index (χ1v) is 8.04. The minimum atomic E-state index is 0.307. The molecule has 0 amide bonds. The largest absolute Gasteiger partial charge is 0.356 e. The summed E-state index contributed by atoms with van der Waals surface area (Å²) in [5, 5.41) is 8.82. The fraction of sp³-hybridized carbons (Fsp3) is 0.583. The lowest BCUT2D eigenvalue weighted by atomic mass is 10.3. The van der Waals surface area contributed by atoms with E-state index in [9.17, 15) is 0 Å². The summed E-state index contributed by atoms with van der Waals surface area (Å²) in [5.74, 6) is 2.07. The third-order valence-corrected chi connectivity index (χ3v) is 4.12. The van der Waals surface area contributed by atoms with Gasteiger partial charge in [-0.2, -0.15) is 11.8 Å². The first kappa shape index (κ1) is 14.4. The Morgan fingerprint density at radius 3 is 3.00 bits per heavy atom. The predicted molar refractivity (Wildman–Crippen MR) is 80.2 cm³/mol. The molecule has 0 saturated carbocycles. The molecule has 0 bridgehead atoms. The van der Waals surface area contributed by atoms with E-state index in [1.807, 2.05) is 18.8 Å². The van der Waals surface area contributed by atoms with E-state index in [2.05, 4.69) is 46.3 Å². The Balaban J connectivity index is 2.32. The van der Waals surface area contributed by atoms with E-state index in [4.69, 9.17) is 0 Å². The second kappa shape index (κ2) is 8.42. The molecule has 96 valence electrons. The van der Waals surface area contributed by atoms with Crippen LogP contribution in [0.1, 0.15) is 24.3 Å². The zero-order valence-corrected chi connectivity index (χ0v) is 12.3. The third-order valence-electron chi connectivity index (χ3n) is 2.36. The van der Waals surface area contributed by atoms with Crippen LogP contribution in [-0.2, 0) is 0 Å². The van der Waals surface area contributed by atoms with Crippen molar-refractivity contribution in [3.63, 3.8) is 0 Å². The van der Waals surface area contributed by atoms with Gasteiger partial charge in [0.15, 0.2) is 5.96 Å². The van der Waals surface area contributed by atoms with E-state index in [-0.39, 0.29) is 0 Å². The van der Waals surface area contributed by atoms with E-state index in [0.717, 1.165) is 18.9 Å². The monoisotopic (exact) mass is 271 g/mol. The maximum absolute atomic E-state index is 4.23. The zero-order valence-electron chi connectivity index (χ0n) is 10.7. The van der Waals surface area contributed by atoms with E-state index in [1.165, 1.54) is 10.6 Å². The normalized spacial score (nSPS) is 13.5. The molecule has 0 fully saturated rings. The molecule has 1 unspecified atom stereocenters. The second-order valence-electron chi connectivity index (χ2n) is 3.73. The maximum atomic E-state index is 4.23. The molecule has 1 aromatic heterocycles. The number of aliphatic imine (C=N–C) groups is 1. The van der Waals surface area contributed by atoms with Gasteiger partial charge < -0.3 is 10.6 Å². The molecule has 2 N–H and O–H groups in total. The first-order chi connectivity index (χ1) is 8.27. The predicted octanol–water partition coefficient (Wildman–Crippen LogP) is 2.73. The van der Waals surface area contributed by atoms with Gasteiger partial charge in [-0.3, -0.25) is 4.99 Å². The molecular formula is C12H21N3S2. The van der Waals surface area contributed by atoms with Crippen LogP contribution in [0.15, 0.2) is 22.5 Å². The van der Waals surface area contributed by atoms with Crippen LogP contribution in [0.25, 0.3) is 0 Å². The van der Waals surface area contributed by atoms with Crippen LogP contribution in [0.3, 0.4) is 0 Å². The fourth-order valence-corrected chi connectivity index (χ4v) is 2.60. The average Bonchev–Trinajstić information content (AvgIpc) is 2.86. The molecule has 0 aliphatic rings. The SMILES string of the molecule is CN=C(NCCCSC)NC(C)c1cccs1. The minimum Gasteiger partial charge on any atom is -0.356 e. The van der Waals surface area contributed by atoms with Crippen LogP contribution < -0.4 is 10.6 Å². The summed E-state index contributed by atoms with van der Waals surface area (Å²) < 4.78 is 0. The van der Waals surface area contributed by atoms with Crippen molar-refractivity contribution in [2.45, 2.75) is 19.4 Å². The zero-order chi connectivity index (χ0) is 12.5. The lowest BCUT2D eigenvalue weighted by Crippen LogP contribution is -2.39. The smallest absolute Gasteiger partial charge is 0.191 e. The lowest BCUT2D eigenvalue weighted by Gasteiger charge is -2.16. The number of rotatable bonds is 6. The molecule has 1 aromatic rings. The number of thiophene rings is 1. The van der Waals surface area contributed by atoms with Gasteiger partial charge in [-0.1, -0.05) is 6.07 Å². The Hall–Kier alpha value is -0.680. The summed E-state index contributed by atoms with van der Waals surface area (Å²) >= 11 is 3.64. The molecule has 17 heavy (non-hydrogen) atoms. The van der Waals surface area contributed by atoms with Crippen molar-refractivity contribution in [3.05, 3.63) is 22.4 Å². The van der Waals surface area contributed by atoms with Gasteiger partial charge in [-0.15, -0.1) is 11.3 Å². The van der Waals surface area contributed by atoms with Gasteiger partial charge in [-0.05, 0) is 36.8 Å². The quantitative estimate of drug-likeness (QED) is 0.474. The van der Waals surface area contributed by atoms with Gasteiger partial charge in [0, 0.05) is 18.5 Å². The molecule has 1 rings (SSSR count). The van der Waals surface area contributed by atoms with Crippen molar-refractivity contribution < 1.29 is 0 Å². The Morgan fingerprint density at radius 2 is 2.41 bits per heavy atom. The van der Waals surface area contributed by atoms with Crippen molar-refractivity contribution in [1.29, 1.82) is 0 Å². The summed E-state index contributed by atoms with van der Waals surface area (Å²) in [6.07, 6.45) is 3.29. The molecule has 0 aliphatic heterocycles. The summed E-state index contributed by atoms with van der Waals surface area (Å²) in [5.41, 5.74) is 0. The molecule has 0 radical (unpaired) electrons. The highest BCUT2D eigenvalue weighted by Gasteiger charge is 2.07. The molecule has 0 spiro atoms. The van der Waals surface area contributed by atoms with E-state index < -0.39 is 0 Å². The van der Waals surface area contributed by atoms with Crippen molar-refractivity contribution in [2.75, 3.05) is 25.6 Å². The van der Waals surface area contributed by atoms with Gasteiger partial charge in [0.2, 0.25) is 0 Å². The van der Waals surface area contributed by atoms with Gasteiger partial charge in [0.05, 0.1) is 6.04 Å². The van der Waals surface area contributed by atoms with E-state index in [0.29, 0.717) is 6.04 Å². The number of hydrogen-bond donors (Lipinski definition) is 2. The van der Waals surface area contributed by atoms with Gasteiger partial charge >= 0.3 is 0 Å². The van der Waals surface area contributed by atoms with E-state index in [1.54, 1.807) is 11.3 Å². The number of thioether (sulfide) groups is 1. The van der Waals surface area contributed by atoms with Gasteiger partial charge in [0.25, 0.3) is 0 Å². The van der Waals surface area contributed by atoms with Gasteiger partial charge in [0.1, 0.15) is 0 Å². The Labute approximate surface area is 112 Å². The summed E-state index contributed by atoms with van der Waals surface area (Å²) in [6, 6.07) is 4.53. The molecule has 3 nitrogen and oxygen atoms in total. The fourth-order valence-electron chi connectivity index (χ4n) is 1.43. The molecule has 0 aliphatic carbocycles. The lowest BCUT2D eigenvalue weighted by molar-refractivity contribution is 0.693. The maximum Gasteiger partial charge on any atom is 0.191 e. The van der Waals surface area contributed by atoms with E-state index >= 15 is 0 Å². The molecule has 1 atom stereocenters. The molecule has 1 heterocycles. The first-order valence-electron chi connectivity index (χ1n) is 5.77. The highest BCUT2D eigenvalue weighted by atomic mass is 32.2. The number of guanidine groups is 1. The van der Waals surface area contributed by atoms with Crippen molar-refractivity contribution in [2.24, 2.45) is 4.99 Å². The Kier molecular flexibility index (Phi) is 7.12. The van der Waals surface area contributed by atoms with Crippen molar-refractivity contribution >= 4 is 29.1 Å². The van der Waals surface area contributed by atoms with Crippen molar-refractivity contribution in [1.82, 2.24) is 10.6 Å². The molecule has 0 aromatic carbocycles. The number of hydrogen-bond acceptors (Lipinski definition) is 3. The van der Waals surface area contributed by atoms with Crippen LogP contribution in [-0.4, -0.2) is 31.6 Å². The molecular weight excluding hydrogens is 250 g/mol. The van der Waals surface area contributed by atoms with Crippen LogP contribution in [0.2, 0.25) is 0 Å². The summed E-state index contributed by atoms with van der Waals surface area (Å²) in [7, 11) is 1.81. The highest BCUT2D eigenvalue weighted by Crippen LogP contribution is 2.17. The Morgan fingerprint density at radius 1 is 1.59 bits per heavy atom. The van der Waals surface area contributed by atoms with Crippen LogP contribution >= 0.6 is 23.1 Å². The standard InChI is InChI=1S/C12H21N3S2/c1-10(11-6-4-9-17-11)15-12(13-2)14-7-5-8-16-3/h4,6,9-10H,5,7-8H2,1-3H3,(H2,13,14,15). The number of nitrogens with zero attached hydrogens (tertiary/aromatic N) is 1. The van der Waals surface area contributed by atoms with Gasteiger partial charge in [-0.25, -0.2) is 0 Å². The minimum absolute atomic E-state index is 0.307. The molecule has 0 saturated heterocycles. The Bertz CT molecular complexity index is 323. The molecule has 5 heteroatoms. The summed E-state index contributed by atoms with van der Waals surface area (Å²) in [6.45, 7) is 3.12. The number of nitrogens with one attached hydrogen (secondary N) is 2. The topological polar surface area (TPSA) is 36.4 Å². The van der Waals surface area contributed by atoms with Crippen LogP contribution in [0, 0.1) is 0 Å². The highest BCUT2D eigenvalue weighted by molar-refractivity contribution is 7.98. The second-order valence-corrected chi connectivity index (χ2v) is 5.69. The van der Waals surface area contributed by atoms with Crippen LogP contribution in [0.5, 0.6) is 0 Å². The third kappa shape index (κ3) is 5.46.